The van der Waals surface area contributed by atoms with Crippen molar-refractivity contribution >= 4 is 11.9 Å². The Balaban J connectivity index is 1.92. The molecule has 0 aliphatic rings. The first-order valence-corrected chi connectivity index (χ1v) is 11.7. The van der Waals surface area contributed by atoms with Crippen molar-refractivity contribution in [3.8, 4) is 17.2 Å². The van der Waals surface area contributed by atoms with Crippen LogP contribution in [0.15, 0.2) is 73.9 Å². The summed E-state index contributed by atoms with van der Waals surface area (Å²) < 4.78 is 17.1. The van der Waals surface area contributed by atoms with E-state index in [1.54, 1.807) is 42.5 Å². The largest absolute Gasteiger partial charge is 0.494 e. The van der Waals surface area contributed by atoms with Crippen LogP contribution < -0.4 is 14.2 Å². The zero-order valence-electron chi connectivity index (χ0n) is 19.8. The molecule has 0 aromatic heterocycles. The summed E-state index contributed by atoms with van der Waals surface area (Å²) >= 11 is 0. The van der Waals surface area contributed by atoms with E-state index in [0.717, 1.165) is 17.7 Å². The molecule has 0 aliphatic carbocycles. The zero-order valence-corrected chi connectivity index (χ0v) is 19.8. The van der Waals surface area contributed by atoms with Gasteiger partial charge in [0.15, 0.2) is 5.78 Å². The Morgan fingerprint density at radius 1 is 0.818 bits per heavy atom. The van der Waals surface area contributed by atoms with Crippen molar-refractivity contribution in [3.05, 3.63) is 85.0 Å². The fraction of sp³-hybridized carbons (Fsp3) is 0.345. The molecule has 176 valence electrons. The van der Waals surface area contributed by atoms with Crippen LogP contribution in [0, 0.1) is 0 Å². The van der Waals surface area contributed by atoms with E-state index in [1.807, 2.05) is 24.3 Å². The predicted octanol–water partition coefficient (Wildman–Crippen LogP) is 7.45. The van der Waals surface area contributed by atoms with Gasteiger partial charge in [-0.05, 0) is 55.0 Å². The second-order valence-corrected chi connectivity index (χ2v) is 7.74. The average molecular weight is 449 g/mol. The molecular weight excluding hydrogens is 412 g/mol. The summed E-state index contributed by atoms with van der Waals surface area (Å²) in [5.41, 5.74) is 1.40. The van der Waals surface area contributed by atoms with Gasteiger partial charge in [-0.3, -0.25) is 4.79 Å². The summed E-state index contributed by atoms with van der Waals surface area (Å²) in [6, 6.07) is 12.8. The summed E-state index contributed by atoms with van der Waals surface area (Å²) in [4.78, 5) is 12.6. The normalized spacial score (nSPS) is 10.7. The third-order valence-corrected chi connectivity index (χ3v) is 5.03. The highest BCUT2D eigenvalue weighted by molar-refractivity contribution is 6.07. The topological polar surface area (TPSA) is 44.8 Å². The monoisotopic (exact) mass is 448 g/mol. The number of carbonyl (C=O) groups excluding carboxylic acids is 1. The molecule has 0 bridgehead atoms. The Bertz CT molecular complexity index is 896. The van der Waals surface area contributed by atoms with E-state index < -0.39 is 0 Å². The second kappa shape index (κ2) is 15.5. The number of allylic oxidation sites excluding steroid dienone is 1. The van der Waals surface area contributed by atoms with Crippen LogP contribution in [0.5, 0.6) is 17.2 Å². The molecule has 0 unspecified atom stereocenters. The molecule has 0 saturated carbocycles. The van der Waals surface area contributed by atoms with E-state index in [0.29, 0.717) is 36.9 Å². The van der Waals surface area contributed by atoms with E-state index in [-0.39, 0.29) is 5.78 Å². The number of hydrogen-bond acceptors (Lipinski definition) is 4. The molecule has 33 heavy (non-hydrogen) atoms. The molecule has 0 spiro atoms. The minimum atomic E-state index is -0.0841. The van der Waals surface area contributed by atoms with Crippen LogP contribution in [0.3, 0.4) is 0 Å². The third-order valence-electron chi connectivity index (χ3n) is 5.03. The lowest BCUT2D eigenvalue weighted by atomic mass is 10.1. The smallest absolute Gasteiger partial charge is 0.185 e. The minimum Gasteiger partial charge on any atom is -0.494 e. The van der Waals surface area contributed by atoms with Gasteiger partial charge >= 0.3 is 0 Å². The van der Waals surface area contributed by atoms with Crippen molar-refractivity contribution in [2.45, 2.75) is 45.4 Å². The van der Waals surface area contributed by atoms with Gasteiger partial charge in [-0.1, -0.05) is 64.3 Å². The van der Waals surface area contributed by atoms with Crippen LogP contribution in [0.4, 0.5) is 0 Å². The molecule has 0 N–H and O–H groups in total. The van der Waals surface area contributed by atoms with Gasteiger partial charge in [0.2, 0.25) is 0 Å². The highest BCUT2D eigenvalue weighted by atomic mass is 16.5. The van der Waals surface area contributed by atoms with Crippen LogP contribution in [0.25, 0.3) is 6.08 Å². The number of benzene rings is 2. The van der Waals surface area contributed by atoms with E-state index in [4.69, 9.17) is 14.2 Å². The fourth-order valence-electron chi connectivity index (χ4n) is 3.22. The Hall–Kier alpha value is -3.27. The number of unbranched alkanes of at least 4 members (excludes halogenated alkanes) is 5. The van der Waals surface area contributed by atoms with Gasteiger partial charge in [-0.15, -0.1) is 0 Å². The molecular formula is C29H36O4. The lowest BCUT2D eigenvalue weighted by Gasteiger charge is -2.10. The average Bonchev–Trinajstić information content (AvgIpc) is 2.85. The first kappa shape index (κ1) is 26.0. The predicted molar refractivity (Wildman–Crippen MR) is 137 cm³/mol. The lowest BCUT2D eigenvalue weighted by Crippen LogP contribution is -1.99. The molecule has 0 radical (unpaired) electrons. The maximum Gasteiger partial charge on any atom is 0.185 e. The summed E-state index contributed by atoms with van der Waals surface area (Å²) in [5, 5.41) is 0. The van der Waals surface area contributed by atoms with E-state index in [9.17, 15) is 4.79 Å². The van der Waals surface area contributed by atoms with E-state index in [2.05, 4.69) is 20.1 Å². The SMILES string of the molecule is C=CCOc1ccc(/C=C/C(=O)c2ccc(OCCCCCCCC)cc2)c(OCC=C)c1. The zero-order chi connectivity index (χ0) is 23.7. The summed E-state index contributed by atoms with van der Waals surface area (Å²) in [5.74, 6) is 2.01. The lowest BCUT2D eigenvalue weighted by molar-refractivity contribution is 0.104. The number of rotatable bonds is 17. The summed E-state index contributed by atoms with van der Waals surface area (Å²) in [6.45, 7) is 11.0. The number of ether oxygens (including phenoxy) is 3. The van der Waals surface area contributed by atoms with E-state index >= 15 is 0 Å². The quantitative estimate of drug-likeness (QED) is 0.109. The highest BCUT2D eigenvalue weighted by Crippen LogP contribution is 2.26. The molecule has 2 aromatic rings. The Labute approximate surface area is 198 Å². The molecule has 0 saturated heterocycles. The molecule has 4 heteroatoms. The summed E-state index contributed by atoms with van der Waals surface area (Å²) in [6.07, 6.45) is 14.0. The van der Waals surface area contributed by atoms with Gasteiger partial charge < -0.3 is 14.2 Å². The first-order chi connectivity index (χ1) is 16.2. The molecule has 0 atom stereocenters. The second-order valence-electron chi connectivity index (χ2n) is 7.74. The number of ketones is 1. The van der Waals surface area contributed by atoms with E-state index in [1.165, 1.54) is 32.1 Å². The molecule has 2 aromatic carbocycles. The molecule has 2 rings (SSSR count). The van der Waals surface area contributed by atoms with Crippen molar-refractivity contribution < 1.29 is 19.0 Å². The summed E-state index contributed by atoms with van der Waals surface area (Å²) in [7, 11) is 0. The van der Waals surface area contributed by atoms with Crippen LogP contribution in [-0.2, 0) is 0 Å². The first-order valence-electron chi connectivity index (χ1n) is 11.7. The Morgan fingerprint density at radius 2 is 1.48 bits per heavy atom. The van der Waals surface area contributed by atoms with Crippen molar-refractivity contribution in [2.24, 2.45) is 0 Å². The van der Waals surface area contributed by atoms with Crippen LogP contribution in [-0.4, -0.2) is 25.6 Å². The van der Waals surface area contributed by atoms with Crippen LogP contribution in [0.2, 0.25) is 0 Å². The highest BCUT2D eigenvalue weighted by Gasteiger charge is 2.06. The standard InChI is InChI=1S/C29H36O4/c1-4-7-8-9-10-11-22-32-26-16-12-24(13-17-26)28(30)19-15-25-14-18-27(31-20-5-2)23-29(25)33-21-6-3/h5-6,12-19,23H,2-4,7-11,20-22H2,1H3/b19-15+. The molecule has 0 amide bonds. The third kappa shape index (κ3) is 9.82. The minimum absolute atomic E-state index is 0.0841. The molecule has 0 heterocycles. The van der Waals surface area contributed by atoms with Crippen molar-refractivity contribution in [1.29, 1.82) is 0 Å². The molecule has 0 aliphatic heterocycles. The fourth-order valence-corrected chi connectivity index (χ4v) is 3.22. The maximum absolute atomic E-state index is 12.6. The van der Waals surface area contributed by atoms with Gasteiger partial charge in [0.25, 0.3) is 0 Å². The van der Waals surface area contributed by atoms with Crippen LogP contribution >= 0.6 is 0 Å². The van der Waals surface area contributed by atoms with Crippen LogP contribution in [0.1, 0.15) is 61.4 Å². The Kier molecular flexibility index (Phi) is 12.2. The van der Waals surface area contributed by atoms with Gasteiger partial charge in [-0.2, -0.15) is 0 Å². The number of hydrogen-bond donors (Lipinski definition) is 0. The van der Waals surface area contributed by atoms with Gasteiger partial charge in [0.05, 0.1) is 6.61 Å². The van der Waals surface area contributed by atoms with Gasteiger partial charge in [0, 0.05) is 17.2 Å². The van der Waals surface area contributed by atoms with Gasteiger partial charge in [0.1, 0.15) is 30.5 Å². The molecule has 0 fully saturated rings. The molecule has 4 nitrogen and oxygen atoms in total. The Morgan fingerprint density at radius 3 is 2.21 bits per heavy atom. The maximum atomic E-state index is 12.6. The van der Waals surface area contributed by atoms with Crippen molar-refractivity contribution in [2.75, 3.05) is 19.8 Å². The van der Waals surface area contributed by atoms with Crippen molar-refractivity contribution in [1.82, 2.24) is 0 Å². The van der Waals surface area contributed by atoms with Gasteiger partial charge in [-0.25, -0.2) is 0 Å². The van der Waals surface area contributed by atoms with Crippen molar-refractivity contribution in [3.63, 3.8) is 0 Å². The number of carbonyl (C=O) groups is 1.